The zero-order valence-electron chi connectivity index (χ0n) is 14.8. The summed E-state index contributed by atoms with van der Waals surface area (Å²) in [6, 6.07) is 6.48. The zero-order chi connectivity index (χ0) is 19.9. The molecule has 27 heavy (non-hydrogen) atoms. The number of nitrogens with one attached hydrogen (secondary N) is 2. The summed E-state index contributed by atoms with van der Waals surface area (Å²) in [5.74, 6) is -1.11. The van der Waals surface area contributed by atoms with E-state index in [-0.39, 0.29) is 16.4 Å². The molecule has 0 radical (unpaired) electrons. The second-order valence-electron chi connectivity index (χ2n) is 6.19. The van der Waals surface area contributed by atoms with Gasteiger partial charge in [-0.25, -0.2) is 0 Å². The van der Waals surface area contributed by atoms with Gasteiger partial charge in [0.05, 0.1) is 4.92 Å². The number of carbonyl (C=O) groups excluding carboxylic acids is 2. The summed E-state index contributed by atoms with van der Waals surface area (Å²) in [6.07, 6.45) is 1.51. The Morgan fingerprint density at radius 2 is 1.74 bits per heavy atom. The highest BCUT2D eigenvalue weighted by molar-refractivity contribution is 7.80. The Labute approximate surface area is 160 Å². The van der Waals surface area contributed by atoms with Crippen LogP contribution in [0.1, 0.15) is 22.5 Å². The van der Waals surface area contributed by atoms with Crippen LogP contribution in [0.3, 0.4) is 0 Å². The number of aryl methyl sites for hydroxylation is 2. The number of nitro groups is 1. The molecule has 2 N–H and O–H groups in total. The first kappa shape index (κ1) is 18.5. The molecule has 2 heterocycles. The van der Waals surface area contributed by atoms with Crippen LogP contribution in [0.15, 0.2) is 29.8 Å². The summed E-state index contributed by atoms with van der Waals surface area (Å²) in [5, 5.41) is 15.7. The van der Waals surface area contributed by atoms with Gasteiger partial charge in [0.15, 0.2) is 5.11 Å². The van der Waals surface area contributed by atoms with Gasteiger partial charge < -0.3 is 4.57 Å². The molecule has 9 heteroatoms. The summed E-state index contributed by atoms with van der Waals surface area (Å²) < 4.78 is 1.93. The molecule has 0 atom stereocenters. The van der Waals surface area contributed by atoms with E-state index in [1.165, 1.54) is 18.2 Å². The fraction of sp³-hybridized carbons (Fsp3) is 0.167. The molecule has 1 aromatic heterocycles. The van der Waals surface area contributed by atoms with Crippen molar-refractivity contribution in [2.75, 3.05) is 0 Å². The maximum atomic E-state index is 12.0. The molecule has 1 saturated heterocycles. The third-order valence-corrected chi connectivity index (χ3v) is 4.55. The molecular formula is C18H16N4O4S. The molecule has 0 saturated carbocycles. The zero-order valence-corrected chi connectivity index (χ0v) is 15.6. The van der Waals surface area contributed by atoms with Gasteiger partial charge in [0.2, 0.25) is 0 Å². The van der Waals surface area contributed by atoms with Crippen molar-refractivity contribution < 1.29 is 14.5 Å². The lowest BCUT2D eigenvalue weighted by molar-refractivity contribution is -0.384. The van der Waals surface area contributed by atoms with Crippen LogP contribution in [0.4, 0.5) is 5.69 Å². The number of thiocarbonyl (C=S) groups is 1. The number of rotatable bonds is 3. The first-order valence-corrected chi connectivity index (χ1v) is 8.42. The van der Waals surface area contributed by atoms with E-state index in [4.69, 9.17) is 12.2 Å². The lowest BCUT2D eigenvalue weighted by atomic mass is 10.1. The van der Waals surface area contributed by atoms with Gasteiger partial charge in [-0.05, 0) is 62.3 Å². The Bertz CT molecular complexity index is 1030. The number of benzene rings is 1. The second-order valence-corrected chi connectivity index (χ2v) is 6.59. The minimum Gasteiger partial charge on any atom is -0.318 e. The molecule has 2 aromatic rings. The maximum absolute atomic E-state index is 12.0. The number of hydrogen-bond donors (Lipinski definition) is 2. The third kappa shape index (κ3) is 3.36. The molecule has 0 unspecified atom stereocenters. The summed E-state index contributed by atoms with van der Waals surface area (Å²) in [4.78, 5) is 34.6. The number of carbonyl (C=O) groups is 2. The van der Waals surface area contributed by atoms with Crippen LogP contribution in [0.5, 0.6) is 0 Å². The van der Waals surface area contributed by atoms with Crippen LogP contribution in [0, 0.1) is 30.9 Å². The number of nitrogens with zero attached hydrogens (tertiary/aromatic N) is 2. The van der Waals surface area contributed by atoms with Crippen LogP contribution in [0.25, 0.3) is 11.8 Å². The van der Waals surface area contributed by atoms with Crippen molar-refractivity contribution in [2.45, 2.75) is 20.8 Å². The topological polar surface area (TPSA) is 106 Å². The van der Waals surface area contributed by atoms with Crippen molar-refractivity contribution in [2.24, 2.45) is 0 Å². The van der Waals surface area contributed by atoms with E-state index in [9.17, 15) is 19.7 Å². The molecule has 1 aromatic carbocycles. The number of hydrogen-bond acceptors (Lipinski definition) is 5. The van der Waals surface area contributed by atoms with Crippen molar-refractivity contribution in [3.05, 3.63) is 62.5 Å². The summed E-state index contributed by atoms with van der Waals surface area (Å²) >= 11 is 4.79. The summed E-state index contributed by atoms with van der Waals surface area (Å²) in [5.41, 5.74) is 3.87. The normalized spacial score (nSPS) is 14.0. The fourth-order valence-corrected chi connectivity index (χ4v) is 3.26. The van der Waals surface area contributed by atoms with E-state index < -0.39 is 16.7 Å². The quantitative estimate of drug-likeness (QED) is 0.277. The molecule has 0 bridgehead atoms. The van der Waals surface area contributed by atoms with Gasteiger partial charge in [0.25, 0.3) is 17.5 Å². The van der Waals surface area contributed by atoms with E-state index in [0.29, 0.717) is 5.56 Å². The molecule has 8 nitrogen and oxygen atoms in total. The van der Waals surface area contributed by atoms with Gasteiger partial charge >= 0.3 is 0 Å². The molecule has 138 valence electrons. The lowest BCUT2D eigenvalue weighted by Crippen LogP contribution is -2.51. The minimum absolute atomic E-state index is 0.0193. The van der Waals surface area contributed by atoms with Crippen LogP contribution >= 0.6 is 12.2 Å². The van der Waals surface area contributed by atoms with Crippen LogP contribution in [0.2, 0.25) is 0 Å². The van der Waals surface area contributed by atoms with Gasteiger partial charge in [-0.3, -0.25) is 30.3 Å². The molecular weight excluding hydrogens is 368 g/mol. The van der Waals surface area contributed by atoms with Crippen LogP contribution in [-0.2, 0) is 9.59 Å². The molecule has 1 aliphatic rings. The van der Waals surface area contributed by atoms with Crippen molar-refractivity contribution in [3.63, 3.8) is 0 Å². The SMILES string of the molecule is Cc1cc([N+](=O)[O-])ccc1-n1c(C)cc(C=C2C(=O)NC(=S)NC2=O)c1C. The second kappa shape index (κ2) is 6.76. The Hall–Kier alpha value is -3.33. The number of amides is 2. The fourth-order valence-electron chi connectivity index (χ4n) is 3.07. The molecule has 0 aliphatic carbocycles. The van der Waals surface area contributed by atoms with E-state index in [1.54, 1.807) is 13.0 Å². The molecule has 0 spiro atoms. The van der Waals surface area contributed by atoms with E-state index in [2.05, 4.69) is 10.6 Å². The Balaban J connectivity index is 2.07. The highest BCUT2D eigenvalue weighted by Crippen LogP contribution is 2.27. The average Bonchev–Trinajstić information content (AvgIpc) is 2.85. The number of aromatic nitrogens is 1. The summed E-state index contributed by atoms with van der Waals surface area (Å²) in [6.45, 7) is 5.53. The number of nitro benzene ring substituents is 1. The van der Waals surface area contributed by atoms with Gasteiger partial charge in [-0.2, -0.15) is 0 Å². The summed E-state index contributed by atoms with van der Waals surface area (Å²) in [7, 11) is 0. The Kier molecular flexibility index (Phi) is 4.63. The molecule has 1 fully saturated rings. The average molecular weight is 384 g/mol. The molecule has 3 rings (SSSR count). The Morgan fingerprint density at radius 3 is 2.30 bits per heavy atom. The largest absolute Gasteiger partial charge is 0.318 e. The highest BCUT2D eigenvalue weighted by atomic mass is 32.1. The van der Waals surface area contributed by atoms with Crippen LogP contribution in [-0.4, -0.2) is 26.4 Å². The van der Waals surface area contributed by atoms with Crippen molar-refractivity contribution in [3.8, 4) is 5.69 Å². The van der Waals surface area contributed by atoms with Gasteiger partial charge in [0.1, 0.15) is 5.57 Å². The van der Waals surface area contributed by atoms with E-state index >= 15 is 0 Å². The van der Waals surface area contributed by atoms with Crippen molar-refractivity contribution >= 4 is 40.9 Å². The monoisotopic (exact) mass is 384 g/mol. The van der Waals surface area contributed by atoms with Gasteiger partial charge in [0, 0.05) is 29.2 Å². The Morgan fingerprint density at radius 1 is 1.11 bits per heavy atom. The van der Waals surface area contributed by atoms with Crippen molar-refractivity contribution in [1.29, 1.82) is 0 Å². The van der Waals surface area contributed by atoms with Crippen LogP contribution < -0.4 is 10.6 Å². The van der Waals surface area contributed by atoms with Gasteiger partial charge in [-0.1, -0.05) is 0 Å². The van der Waals surface area contributed by atoms with Crippen molar-refractivity contribution in [1.82, 2.24) is 15.2 Å². The molecule has 2 amide bonds. The smallest absolute Gasteiger partial charge is 0.269 e. The minimum atomic E-state index is -0.555. The lowest BCUT2D eigenvalue weighted by Gasteiger charge is -2.16. The predicted molar refractivity (Wildman–Crippen MR) is 103 cm³/mol. The van der Waals surface area contributed by atoms with Gasteiger partial charge in [-0.15, -0.1) is 0 Å². The first-order valence-electron chi connectivity index (χ1n) is 8.01. The van der Waals surface area contributed by atoms with E-state index in [0.717, 1.165) is 22.6 Å². The highest BCUT2D eigenvalue weighted by Gasteiger charge is 2.26. The maximum Gasteiger partial charge on any atom is 0.269 e. The third-order valence-electron chi connectivity index (χ3n) is 4.35. The first-order chi connectivity index (χ1) is 12.7. The molecule has 1 aliphatic heterocycles. The van der Waals surface area contributed by atoms with E-state index in [1.807, 2.05) is 24.5 Å². The number of non-ortho nitro benzene ring substituents is 1. The predicted octanol–water partition coefficient (Wildman–Crippen LogP) is 2.23. The standard InChI is InChI=1S/C18H16N4O4S/c1-9-6-13(22(25)26)4-5-15(9)21-10(2)7-12(11(21)3)8-14-16(23)19-18(27)20-17(14)24/h4-8H,1-3H3,(H2,19,20,23,24,27).